The van der Waals surface area contributed by atoms with E-state index in [1.165, 1.54) is 23.5 Å². The Morgan fingerprint density at radius 1 is 0.917 bits per heavy atom. The van der Waals surface area contributed by atoms with Gasteiger partial charge in [0.05, 0.1) is 0 Å². The van der Waals surface area contributed by atoms with E-state index in [1.54, 1.807) is 0 Å². The molecule has 8 heteroatoms. The van der Waals surface area contributed by atoms with Gasteiger partial charge in [0.2, 0.25) is 0 Å². The second kappa shape index (κ2) is 14.8. The van der Waals surface area contributed by atoms with Crippen molar-refractivity contribution in [1.82, 2.24) is 0 Å². The van der Waals surface area contributed by atoms with Gasteiger partial charge in [-0.3, -0.25) is 0 Å². The monoisotopic (exact) mass is 290 g/mol. The zero-order chi connectivity index (χ0) is 7.98. The van der Waals surface area contributed by atoms with Gasteiger partial charge in [-0.05, 0) is 0 Å². The molecule has 0 bridgehead atoms. The first-order valence-corrected chi connectivity index (χ1v) is 5.26. The maximum Gasteiger partial charge on any atom is 0.131 e. The Balaban J connectivity index is -0.000000405. The number of rotatable bonds is 3. The van der Waals surface area contributed by atoms with Crippen molar-refractivity contribution < 1.29 is 0 Å². The van der Waals surface area contributed by atoms with E-state index in [1.807, 2.05) is 0 Å². The molecular formula is C4H8K2N2S4. The van der Waals surface area contributed by atoms with Gasteiger partial charge in [0, 0.05) is 114 Å². The molecule has 0 unspecified atom stereocenters. The van der Waals surface area contributed by atoms with Crippen LogP contribution in [0.3, 0.4) is 0 Å². The average Bonchev–Trinajstić information content (AvgIpc) is 1.79. The van der Waals surface area contributed by atoms with Crippen LogP contribution >= 0.6 is 48.0 Å². The Morgan fingerprint density at radius 2 is 1.17 bits per heavy atom. The molecule has 0 aliphatic heterocycles. The number of hydrogen-bond acceptors (Lipinski definition) is 4. The van der Waals surface area contributed by atoms with Gasteiger partial charge in [-0.2, -0.15) is 0 Å². The molecule has 0 aromatic heterocycles. The number of thiocarbonyl (C=S) groups is 2. The van der Waals surface area contributed by atoms with Gasteiger partial charge in [-0.25, -0.2) is 0 Å². The first kappa shape index (κ1) is 21.1. The SMILES string of the molecule is NC(=S)SCCSC(N)=S.[K].[K]. The molecule has 0 heterocycles. The predicted molar refractivity (Wildman–Crippen MR) is 70.0 cm³/mol. The molecule has 2 radical (unpaired) electrons. The molecule has 0 saturated carbocycles. The summed E-state index contributed by atoms with van der Waals surface area (Å²) in [5.41, 5.74) is 10.5. The summed E-state index contributed by atoms with van der Waals surface area (Å²) in [5.74, 6) is 1.74. The Hall–Kier alpha value is 3.75. The molecule has 0 aromatic carbocycles. The molecule has 0 spiro atoms. The predicted octanol–water partition coefficient (Wildman–Crippen LogP) is 0.178. The van der Waals surface area contributed by atoms with Crippen molar-refractivity contribution in [3.05, 3.63) is 0 Å². The van der Waals surface area contributed by atoms with Crippen LogP contribution in [0.2, 0.25) is 0 Å². The average molecular weight is 291 g/mol. The van der Waals surface area contributed by atoms with E-state index in [0.29, 0.717) is 8.64 Å². The normalized spacial score (nSPS) is 7.67. The van der Waals surface area contributed by atoms with Crippen LogP contribution in [0.15, 0.2) is 0 Å². The van der Waals surface area contributed by atoms with Crippen LogP contribution in [-0.2, 0) is 0 Å². The van der Waals surface area contributed by atoms with Crippen molar-refractivity contribution in [1.29, 1.82) is 0 Å². The molecule has 12 heavy (non-hydrogen) atoms. The smallest absolute Gasteiger partial charge is 0.131 e. The molecule has 4 N–H and O–H groups in total. The summed E-state index contributed by atoms with van der Waals surface area (Å²) in [5, 5.41) is 0. The van der Waals surface area contributed by atoms with Crippen molar-refractivity contribution in [2.45, 2.75) is 0 Å². The molecule has 0 saturated heterocycles. The molecule has 0 rings (SSSR count). The summed E-state index contributed by atoms with van der Waals surface area (Å²) in [6.45, 7) is 0. The van der Waals surface area contributed by atoms with Crippen LogP contribution in [0.25, 0.3) is 0 Å². The van der Waals surface area contributed by atoms with Gasteiger partial charge in [0.1, 0.15) is 8.64 Å². The molecule has 0 atom stereocenters. The van der Waals surface area contributed by atoms with Crippen molar-refractivity contribution in [2.75, 3.05) is 11.5 Å². The third-order valence-corrected chi connectivity index (χ3v) is 2.92. The fraction of sp³-hybridized carbons (Fsp3) is 0.500. The van der Waals surface area contributed by atoms with Gasteiger partial charge in [-0.1, -0.05) is 48.0 Å². The Kier molecular flexibility index (Phi) is 25.9. The van der Waals surface area contributed by atoms with Crippen LogP contribution in [0.5, 0.6) is 0 Å². The van der Waals surface area contributed by atoms with Crippen LogP contribution in [0.4, 0.5) is 0 Å². The van der Waals surface area contributed by atoms with E-state index in [9.17, 15) is 0 Å². The molecule has 0 aliphatic rings. The van der Waals surface area contributed by atoms with Crippen molar-refractivity contribution in [2.24, 2.45) is 11.5 Å². The fourth-order valence-electron chi connectivity index (χ4n) is 0.285. The first-order valence-electron chi connectivity index (χ1n) is 2.47. The molecule has 60 valence electrons. The molecule has 2 nitrogen and oxygen atoms in total. The molecule has 0 aromatic rings. The minimum atomic E-state index is 0. The van der Waals surface area contributed by atoms with Crippen molar-refractivity contribution in [3.8, 4) is 0 Å². The van der Waals surface area contributed by atoms with Gasteiger partial charge in [0.15, 0.2) is 0 Å². The first-order chi connectivity index (χ1) is 4.63. The van der Waals surface area contributed by atoms with Crippen molar-refractivity contribution >= 4 is 159 Å². The summed E-state index contributed by atoms with van der Waals surface area (Å²) < 4.78 is 0.951. The van der Waals surface area contributed by atoms with Crippen LogP contribution in [0, 0.1) is 0 Å². The topological polar surface area (TPSA) is 52.0 Å². The standard InChI is InChI=1S/C4H8N2S4.2K/c5-3(7)9-1-2-10-4(6)8;;/h1-2H2,(H2,5,7)(H2,6,8);;. The Bertz CT molecular complexity index is 127. The molecule has 0 fully saturated rings. The maximum absolute atomic E-state index is 5.23. The van der Waals surface area contributed by atoms with Crippen LogP contribution in [0.1, 0.15) is 0 Å². The zero-order valence-corrected chi connectivity index (χ0v) is 16.7. The summed E-state index contributed by atoms with van der Waals surface area (Å²) in [6.07, 6.45) is 0. The molecule has 0 aliphatic carbocycles. The zero-order valence-electron chi connectivity index (χ0n) is 7.20. The second-order valence-electron chi connectivity index (χ2n) is 1.33. The van der Waals surface area contributed by atoms with E-state index >= 15 is 0 Å². The number of nitrogens with two attached hydrogens (primary N) is 2. The summed E-state index contributed by atoms with van der Waals surface area (Å²) in [7, 11) is 0. The number of thioether (sulfide) groups is 2. The van der Waals surface area contributed by atoms with E-state index in [2.05, 4.69) is 24.4 Å². The Morgan fingerprint density at radius 3 is 1.33 bits per heavy atom. The van der Waals surface area contributed by atoms with Crippen LogP contribution < -0.4 is 11.5 Å². The van der Waals surface area contributed by atoms with Gasteiger partial charge >= 0.3 is 0 Å². The third kappa shape index (κ3) is 19.3. The van der Waals surface area contributed by atoms with E-state index in [0.717, 1.165) is 11.5 Å². The van der Waals surface area contributed by atoms with Gasteiger partial charge < -0.3 is 11.5 Å². The van der Waals surface area contributed by atoms with Gasteiger partial charge in [-0.15, -0.1) is 0 Å². The third-order valence-electron chi connectivity index (χ3n) is 0.572. The molecule has 0 amide bonds. The van der Waals surface area contributed by atoms with E-state index in [4.69, 9.17) is 11.5 Å². The maximum atomic E-state index is 5.23. The minimum absolute atomic E-state index is 0. The summed E-state index contributed by atoms with van der Waals surface area (Å²) in [4.78, 5) is 0. The Labute approximate surface area is 177 Å². The second-order valence-corrected chi connectivity index (χ2v) is 5.00. The summed E-state index contributed by atoms with van der Waals surface area (Å²) >= 11 is 12.2. The van der Waals surface area contributed by atoms with E-state index < -0.39 is 0 Å². The number of hydrogen-bond donors (Lipinski definition) is 2. The van der Waals surface area contributed by atoms with E-state index in [-0.39, 0.29) is 103 Å². The minimum Gasteiger partial charge on any atom is -0.385 e. The van der Waals surface area contributed by atoms with Crippen molar-refractivity contribution in [3.63, 3.8) is 0 Å². The van der Waals surface area contributed by atoms with Crippen LogP contribution in [-0.4, -0.2) is 123 Å². The van der Waals surface area contributed by atoms with Gasteiger partial charge in [0.25, 0.3) is 0 Å². The largest absolute Gasteiger partial charge is 0.385 e. The fourth-order valence-corrected chi connectivity index (χ4v) is 1.85. The quantitative estimate of drug-likeness (QED) is 0.439. The summed E-state index contributed by atoms with van der Waals surface area (Å²) in [6, 6.07) is 0. The molecular weight excluding hydrogens is 283 g/mol.